The number of sulfonamides is 1. The van der Waals surface area contributed by atoms with Crippen molar-refractivity contribution in [3.05, 3.63) is 28.8 Å². The van der Waals surface area contributed by atoms with Crippen molar-refractivity contribution in [3.63, 3.8) is 0 Å². The van der Waals surface area contributed by atoms with Crippen molar-refractivity contribution in [2.75, 3.05) is 6.54 Å². The number of piperidine rings is 1. The summed E-state index contributed by atoms with van der Waals surface area (Å²) in [5, 5.41) is 18.4. The highest BCUT2D eigenvalue weighted by Gasteiger charge is 2.34. The van der Waals surface area contributed by atoms with Gasteiger partial charge in [-0.15, -0.1) is 0 Å². The molecular weight excluding hydrogens is 318 g/mol. The maximum Gasteiger partial charge on any atom is 0.337 e. The minimum absolute atomic E-state index is 0.0296. The van der Waals surface area contributed by atoms with Crippen LogP contribution in [0.3, 0.4) is 0 Å². The second-order valence-corrected chi connectivity index (χ2v) is 7.40. The first-order valence-electron chi connectivity index (χ1n) is 6.46. The summed E-state index contributed by atoms with van der Waals surface area (Å²) in [6, 6.07) is 3.30. The molecule has 1 aliphatic heterocycles. The molecule has 1 aromatic rings. The minimum Gasteiger partial charge on any atom is -0.478 e. The number of β-amino-alcohol motifs (C(OH)–C–C–N with tert-alkyl or cyclic N) is 1. The van der Waals surface area contributed by atoms with Gasteiger partial charge in [-0.1, -0.05) is 11.6 Å². The molecule has 0 spiro atoms. The van der Waals surface area contributed by atoms with E-state index in [4.69, 9.17) is 16.7 Å². The number of aromatic carboxylic acids is 1. The van der Waals surface area contributed by atoms with Crippen LogP contribution in [0.4, 0.5) is 0 Å². The Morgan fingerprint density at radius 3 is 2.62 bits per heavy atom. The number of carboxylic acid groups (broad SMARTS) is 1. The lowest BCUT2D eigenvalue weighted by Gasteiger charge is -2.34. The third kappa shape index (κ3) is 3.21. The van der Waals surface area contributed by atoms with Gasteiger partial charge in [0.25, 0.3) is 0 Å². The number of rotatable bonds is 3. The van der Waals surface area contributed by atoms with Crippen molar-refractivity contribution in [1.82, 2.24) is 4.31 Å². The molecule has 2 rings (SSSR count). The molecule has 0 amide bonds. The van der Waals surface area contributed by atoms with Crippen LogP contribution in [0.5, 0.6) is 0 Å². The Kier molecular flexibility index (Phi) is 4.57. The Morgan fingerprint density at radius 2 is 2.05 bits per heavy atom. The average Bonchev–Trinajstić information content (AvgIpc) is 2.40. The summed E-state index contributed by atoms with van der Waals surface area (Å²) in [6.07, 6.45) is 0.442. The van der Waals surface area contributed by atoms with E-state index in [-0.39, 0.29) is 28.1 Å². The van der Waals surface area contributed by atoms with E-state index in [1.165, 1.54) is 16.4 Å². The Labute approximate surface area is 128 Å². The van der Waals surface area contributed by atoms with Crippen molar-refractivity contribution in [2.45, 2.75) is 36.8 Å². The standard InChI is InChI=1S/C13H16ClNO5S/c1-8-2-3-9(16)7-15(8)21(19,20)10-4-5-11(13(17)18)12(14)6-10/h4-6,8-9,16H,2-3,7H2,1H3,(H,17,18)/t8-,9-/m1/s1. The predicted molar refractivity (Wildman–Crippen MR) is 77.0 cm³/mol. The van der Waals surface area contributed by atoms with E-state index >= 15 is 0 Å². The first-order valence-corrected chi connectivity index (χ1v) is 8.28. The topological polar surface area (TPSA) is 94.9 Å². The van der Waals surface area contributed by atoms with Crippen molar-refractivity contribution in [1.29, 1.82) is 0 Å². The Balaban J connectivity index is 2.39. The third-order valence-corrected chi connectivity index (χ3v) is 5.87. The number of benzene rings is 1. The zero-order valence-corrected chi connectivity index (χ0v) is 12.9. The molecule has 21 heavy (non-hydrogen) atoms. The van der Waals surface area contributed by atoms with E-state index in [1.807, 2.05) is 0 Å². The molecule has 1 heterocycles. The van der Waals surface area contributed by atoms with E-state index in [9.17, 15) is 18.3 Å². The second kappa shape index (κ2) is 5.92. The SMILES string of the molecule is C[C@@H]1CC[C@@H](O)CN1S(=O)(=O)c1ccc(C(=O)O)c(Cl)c1. The maximum atomic E-state index is 12.6. The van der Waals surface area contributed by atoms with Gasteiger partial charge in [0.15, 0.2) is 0 Å². The number of hydrogen-bond acceptors (Lipinski definition) is 4. The molecule has 0 bridgehead atoms. The van der Waals surface area contributed by atoms with Crippen molar-refractivity contribution in [3.8, 4) is 0 Å². The molecule has 2 N–H and O–H groups in total. The normalized spacial score (nSPS) is 24.0. The smallest absolute Gasteiger partial charge is 0.337 e. The fourth-order valence-electron chi connectivity index (χ4n) is 2.36. The van der Waals surface area contributed by atoms with Gasteiger partial charge >= 0.3 is 5.97 Å². The Hall–Kier alpha value is -1.15. The number of aliphatic hydroxyl groups is 1. The number of hydrogen-bond donors (Lipinski definition) is 2. The second-order valence-electron chi connectivity index (χ2n) is 5.10. The number of aliphatic hydroxyl groups excluding tert-OH is 1. The predicted octanol–water partition coefficient (Wildman–Crippen LogP) is 1.57. The first kappa shape index (κ1) is 16.2. The van der Waals surface area contributed by atoms with Crippen molar-refractivity contribution < 1.29 is 23.4 Å². The first-order chi connectivity index (χ1) is 9.73. The number of carbonyl (C=O) groups is 1. The zero-order valence-electron chi connectivity index (χ0n) is 11.4. The van der Waals surface area contributed by atoms with Crippen LogP contribution in [0.25, 0.3) is 0 Å². The molecule has 1 fully saturated rings. The van der Waals surface area contributed by atoms with E-state index in [0.717, 1.165) is 6.07 Å². The van der Waals surface area contributed by atoms with Gasteiger partial charge in [-0.3, -0.25) is 0 Å². The summed E-state index contributed by atoms with van der Waals surface area (Å²) in [5.41, 5.74) is -0.151. The highest BCUT2D eigenvalue weighted by molar-refractivity contribution is 7.89. The van der Waals surface area contributed by atoms with Crippen LogP contribution in [0.15, 0.2) is 23.1 Å². The van der Waals surface area contributed by atoms with Crippen molar-refractivity contribution >= 4 is 27.6 Å². The van der Waals surface area contributed by atoms with Gasteiger partial charge in [-0.25, -0.2) is 13.2 Å². The van der Waals surface area contributed by atoms with E-state index in [0.29, 0.717) is 12.8 Å². The highest BCUT2D eigenvalue weighted by atomic mass is 35.5. The monoisotopic (exact) mass is 333 g/mol. The van der Waals surface area contributed by atoms with Crippen LogP contribution in [0, 0.1) is 0 Å². The molecule has 2 atom stereocenters. The molecule has 8 heteroatoms. The van der Waals surface area contributed by atoms with E-state index in [1.54, 1.807) is 6.92 Å². The van der Waals surface area contributed by atoms with Gasteiger partial charge in [0.05, 0.1) is 21.6 Å². The number of nitrogens with zero attached hydrogens (tertiary/aromatic N) is 1. The molecule has 1 aromatic carbocycles. The van der Waals surface area contributed by atoms with Gasteiger partial charge in [0.1, 0.15) is 0 Å². The molecule has 0 aromatic heterocycles. The minimum atomic E-state index is -3.81. The summed E-state index contributed by atoms with van der Waals surface area (Å²) >= 11 is 5.82. The molecule has 0 unspecified atom stereocenters. The van der Waals surface area contributed by atoms with E-state index in [2.05, 4.69) is 0 Å². The van der Waals surface area contributed by atoms with Crippen LogP contribution in [0.2, 0.25) is 5.02 Å². The molecule has 1 aliphatic rings. The molecule has 0 radical (unpaired) electrons. The number of carboxylic acids is 1. The fraction of sp³-hybridized carbons (Fsp3) is 0.462. The summed E-state index contributed by atoms with van der Waals surface area (Å²) in [6.45, 7) is 1.80. The van der Waals surface area contributed by atoms with Crippen LogP contribution < -0.4 is 0 Å². The molecular formula is C13H16ClNO5S. The molecule has 0 aliphatic carbocycles. The molecule has 0 saturated carbocycles. The quantitative estimate of drug-likeness (QED) is 0.875. The van der Waals surface area contributed by atoms with Crippen LogP contribution in [-0.2, 0) is 10.0 Å². The lowest BCUT2D eigenvalue weighted by atomic mass is 10.0. The molecule has 116 valence electrons. The zero-order chi connectivity index (χ0) is 15.8. The summed E-state index contributed by atoms with van der Waals surface area (Å²) in [7, 11) is -3.81. The molecule has 6 nitrogen and oxygen atoms in total. The van der Waals surface area contributed by atoms with Crippen LogP contribution in [0.1, 0.15) is 30.1 Å². The van der Waals surface area contributed by atoms with Crippen LogP contribution >= 0.6 is 11.6 Å². The lowest BCUT2D eigenvalue weighted by Crippen LogP contribution is -2.47. The Morgan fingerprint density at radius 1 is 1.38 bits per heavy atom. The highest BCUT2D eigenvalue weighted by Crippen LogP contribution is 2.28. The lowest BCUT2D eigenvalue weighted by molar-refractivity contribution is 0.0697. The summed E-state index contributed by atoms with van der Waals surface area (Å²) in [4.78, 5) is 10.8. The maximum absolute atomic E-state index is 12.6. The van der Waals surface area contributed by atoms with Gasteiger partial charge in [0, 0.05) is 12.6 Å². The number of halogens is 1. The van der Waals surface area contributed by atoms with Gasteiger partial charge in [-0.05, 0) is 38.0 Å². The summed E-state index contributed by atoms with van der Waals surface area (Å²) in [5.74, 6) is -1.22. The molecule has 1 saturated heterocycles. The van der Waals surface area contributed by atoms with E-state index < -0.39 is 22.1 Å². The average molecular weight is 334 g/mol. The Bertz CT molecular complexity index is 661. The fourth-order valence-corrected chi connectivity index (χ4v) is 4.41. The van der Waals surface area contributed by atoms with Crippen LogP contribution in [-0.4, -0.2) is 47.6 Å². The third-order valence-electron chi connectivity index (χ3n) is 3.58. The van der Waals surface area contributed by atoms with Gasteiger partial charge < -0.3 is 10.2 Å². The largest absolute Gasteiger partial charge is 0.478 e. The van der Waals surface area contributed by atoms with Crippen molar-refractivity contribution in [2.24, 2.45) is 0 Å². The van der Waals surface area contributed by atoms with Gasteiger partial charge in [0.2, 0.25) is 10.0 Å². The summed E-state index contributed by atoms with van der Waals surface area (Å²) < 4.78 is 26.4. The van der Waals surface area contributed by atoms with Gasteiger partial charge in [-0.2, -0.15) is 4.31 Å².